The quantitative estimate of drug-likeness (QED) is 0.667. The number of likely N-dealkylation sites (tertiary alicyclic amines) is 1. The fourth-order valence-electron chi connectivity index (χ4n) is 3.69. The van der Waals surface area contributed by atoms with Crippen molar-refractivity contribution in [2.45, 2.75) is 25.4 Å². The van der Waals surface area contributed by atoms with Gasteiger partial charge in [0.25, 0.3) is 0 Å². The van der Waals surface area contributed by atoms with E-state index in [0.29, 0.717) is 17.6 Å². The number of benzene rings is 1. The van der Waals surface area contributed by atoms with Gasteiger partial charge in [0.05, 0.1) is 13.2 Å². The number of methoxy groups -OCH3 is 1. The number of fused-ring (bicyclic) bond motifs is 1. The smallest absolute Gasteiger partial charge is 0.244 e. The van der Waals surface area contributed by atoms with E-state index < -0.39 is 0 Å². The monoisotopic (exact) mass is 380 g/mol. The largest absolute Gasteiger partial charge is 0.481 e. The highest BCUT2D eigenvalue weighted by Crippen LogP contribution is 2.36. The molecule has 0 radical (unpaired) electrons. The van der Waals surface area contributed by atoms with Crippen LogP contribution >= 0.6 is 0 Å². The first-order valence-corrected chi connectivity index (χ1v) is 9.27. The Bertz CT molecular complexity index is 973. The van der Waals surface area contributed by atoms with Crippen LogP contribution in [0.2, 0.25) is 0 Å². The molecule has 0 bridgehead atoms. The maximum Gasteiger partial charge on any atom is 0.244 e. The molecule has 2 aliphatic heterocycles. The molecule has 0 spiro atoms. The summed E-state index contributed by atoms with van der Waals surface area (Å²) in [7, 11) is 1.59. The molecule has 3 aromatic rings. The molecular weight excluding hydrogens is 360 g/mol. The third-order valence-electron chi connectivity index (χ3n) is 5.12. The Kier molecular flexibility index (Phi) is 4.32. The third-order valence-corrected chi connectivity index (χ3v) is 5.12. The summed E-state index contributed by atoms with van der Waals surface area (Å²) >= 11 is 0. The Labute approximate surface area is 162 Å². The van der Waals surface area contributed by atoms with E-state index in [1.807, 2.05) is 18.2 Å². The van der Waals surface area contributed by atoms with Crippen molar-refractivity contribution in [3.05, 3.63) is 48.0 Å². The summed E-state index contributed by atoms with van der Waals surface area (Å²) < 4.78 is 21.6. The minimum Gasteiger partial charge on any atom is -0.481 e. The molecule has 1 saturated heterocycles. The van der Waals surface area contributed by atoms with Gasteiger partial charge in [0, 0.05) is 24.4 Å². The van der Waals surface area contributed by atoms with Crippen LogP contribution in [0.25, 0.3) is 11.4 Å². The molecular formula is C20H20N4O4. The predicted molar refractivity (Wildman–Crippen MR) is 99.0 cm³/mol. The van der Waals surface area contributed by atoms with Gasteiger partial charge >= 0.3 is 0 Å². The summed E-state index contributed by atoms with van der Waals surface area (Å²) in [5, 5.41) is 4.15. The van der Waals surface area contributed by atoms with Crippen LogP contribution in [0, 0.1) is 0 Å². The standard InChI is InChI=1S/C20H20N4O4/c1-25-18-7-5-14(10-21-18)19-22-20(28-23-19)15-3-2-8-24(15)11-13-4-6-16-17(9-13)27-12-26-16/h4-7,9-10,15H,2-3,8,11-12H2,1H3. The van der Waals surface area contributed by atoms with Crippen molar-refractivity contribution in [3.63, 3.8) is 0 Å². The highest BCUT2D eigenvalue weighted by Gasteiger charge is 2.31. The third kappa shape index (κ3) is 3.16. The van der Waals surface area contributed by atoms with Crippen molar-refractivity contribution in [2.24, 2.45) is 0 Å². The van der Waals surface area contributed by atoms with Crippen LogP contribution in [0.4, 0.5) is 0 Å². The fraction of sp³-hybridized carbons (Fsp3) is 0.350. The van der Waals surface area contributed by atoms with Gasteiger partial charge in [-0.3, -0.25) is 4.90 Å². The van der Waals surface area contributed by atoms with Crippen molar-refractivity contribution in [2.75, 3.05) is 20.4 Å². The number of ether oxygens (including phenoxy) is 3. The maximum absolute atomic E-state index is 5.60. The predicted octanol–water partition coefficient (Wildman–Crippen LogP) is 3.21. The van der Waals surface area contributed by atoms with E-state index >= 15 is 0 Å². The molecule has 2 aromatic heterocycles. The summed E-state index contributed by atoms with van der Waals surface area (Å²) in [5.41, 5.74) is 1.98. The number of hydrogen-bond donors (Lipinski definition) is 0. The Morgan fingerprint density at radius 3 is 2.96 bits per heavy atom. The van der Waals surface area contributed by atoms with Crippen molar-refractivity contribution in [1.29, 1.82) is 0 Å². The van der Waals surface area contributed by atoms with Gasteiger partial charge in [0.15, 0.2) is 11.5 Å². The molecule has 28 heavy (non-hydrogen) atoms. The van der Waals surface area contributed by atoms with Crippen LogP contribution in [-0.4, -0.2) is 40.5 Å². The Balaban J connectivity index is 1.33. The number of nitrogens with zero attached hydrogens (tertiary/aromatic N) is 4. The van der Waals surface area contributed by atoms with E-state index in [1.54, 1.807) is 19.4 Å². The Morgan fingerprint density at radius 2 is 2.11 bits per heavy atom. The zero-order chi connectivity index (χ0) is 18.9. The molecule has 8 heteroatoms. The average Bonchev–Trinajstić information content (AvgIpc) is 3.48. The normalized spacial score (nSPS) is 18.5. The molecule has 144 valence electrons. The molecule has 4 heterocycles. The highest BCUT2D eigenvalue weighted by molar-refractivity contribution is 5.53. The van der Waals surface area contributed by atoms with E-state index in [-0.39, 0.29) is 12.8 Å². The molecule has 1 fully saturated rings. The van der Waals surface area contributed by atoms with Gasteiger partial charge in [0.1, 0.15) is 0 Å². The molecule has 0 aliphatic carbocycles. The maximum atomic E-state index is 5.60. The van der Waals surface area contributed by atoms with E-state index in [2.05, 4.69) is 26.1 Å². The summed E-state index contributed by atoms with van der Waals surface area (Å²) in [4.78, 5) is 11.2. The molecule has 8 nitrogen and oxygen atoms in total. The minimum atomic E-state index is 0.109. The molecule has 0 amide bonds. The van der Waals surface area contributed by atoms with Crippen LogP contribution in [0.5, 0.6) is 17.4 Å². The second kappa shape index (κ2) is 7.12. The van der Waals surface area contributed by atoms with Gasteiger partial charge in [-0.1, -0.05) is 11.2 Å². The fourth-order valence-corrected chi connectivity index (χ4v) is 3.69. The van der Waals surface area contributed by atoms with Gasteiger partial charge in [0.2, 0.25) is 24.4 Å². The first-order chi connectivity index (χ1) is 13.8. The number of pyridine rings is 1. The Morgan fingerprint density at radius 1 is 1.18 bits per heavy atom. The van der Waals surface area contributed by atoms with Gasteiger partial charge < -0.3 is 18.7 Å². The van der Waals surface area contributed by atoms with Crippen molar-refractivity contribution in [3.8, 4) is 28.8 Å². The molecule has 0 saturated carbocycles. The summed E-state index contributed by atoms with van der Waals surface area (Å²) in [6, 6.07) is 9.85. The lowest BCUT2D eigenvalue weighted by atomic mass is 10.1. The zero-order valence-electron chi connectivity index (χ0n) is 15.5. The topological polar surface area (TPSA) is 82.7 Å². The van der Waals surface area contributed by atoms with Crippen LogP contribution in [0.15, 0.2) is 41.1 Å². The first kappa shape index (κ1) is 17.0. The molecule has 1 aromatic carbocycles. The summed E-state index contributed by atoms with van der Waals surface area (Å²) in [5.74, 6) is 3.35. The summed E-state index contributed by atoms with van der Waals surface area (Å²) in [6.07, 6.45) is 3.77. The number of aromatic nitrogens is 3. The SMILES string of the molecule is COc1ccc(-c2noc(C3CCCN3Cc3ccc4c(c3)OCO4)n2)cn1. The van der Waals surface area contributed by atoms with Gasteiger partial charge in [-0.2, -0.15) is 4.98 Å². The molecule has 5 rings (SSSR count). The van der Waals surface area contributed by atoms with Crippen molar-refractivity contribution >= 4 is 0 Å². The molecule has 1 unspecified atom stereocenters. The lowest BCUT2D eigenvalue weighted by Crippen LogP contribution is -2.23. The Hall–Kier alpha value is -3.13. The lowest BCUT2D eigenvalue weighted by Gasteiger charge is -2.21. The van der Waals surface area contributed by atoms with Crippen LogP contribution in [0.3, 0.4) is 0 Å². The van der Waals surface area contributed by atoms with E-state index in [0.717, 1.165) is 43.0 Å². The number of hydrogen-bond acceptors (Lipinski definition) is 8. The van der Waals surface area contributed by atoms with Gasteiger partial charge in [-0.15, -0.1) is 0 Å². The molecule has 2 aliphatic rings. The highest BCUT2D eigenvalue weighted by atomic mass is 16.7. The molecule has 0 N–H and O–H groups in total. The van der Waals surface area contributed by atoms with E-state index in [4.69, 9.17) is 18.7 Å². The van der Waals surface area contributed by atoms with Crippen LogP contribution in [-0.2, 0) is 6.54 Å². The van der Waals surface area contributed by atoms with Crippen LogP contribution in [0.1, 0.15) is 30.3 Å². The lowest BCUT2D eigenvalue weighted by molar-refractivity contribution is 0.173. The van der Waals surface area contributed by atoms with Gasteiger partial charge in [-0.05, 0) is 43.1 Å². The van der Waals surface area contributed by atoms with Crippen LogP contribution < -0.4 is 14.2 Å². The summed E-state index contributed by atoms with van der Waals surface area (Å²) in [6.45, 7) is 2.07. The van der Waals surface area contributed by atoms with E-state index in [9.17, 15) is 0 Å². The number of rotatable bonds is 5. The second-order valence-corrected chi connectivity index (χ2v) is 6.86. The minimum absolute atomic E-state index is 0.109. The van der Waals surface area contributed by atoms with E-state index in [1.165, 1.54) is 5.56 Å². The van der Waals surface area contributed by atoms with Crippen molar-refractivity contribution in [1.82, 2.24) is 20.0 Å². The second-order valence-electron chi connectivity index (χ2n) is 6.86. The molecule has 1 atom stereocenters. The first-order valence-electron chi connectivity index (χ1n) is 9.27. The van der Waals surface area contributed by atoms with Gasteiger partial charge in [-0.25, -0.2) is 4.98 Å². The van der Waals surface area contributed by atoms with Crippen molar-refractivity contribution < 1.29 is 18.7 Å². The zero-order valence-corrected chi connectivity index (χ0v) is 15.5. The average molecular weight is 380 g/mol.